The van der Waals surface area contributed by atoms with Crippen molar-refractivity contribution >= 4 is 11.9 Å². The fourth-order valence-corrected chi connectivity index (χ4v) is 2.00. The van der Waals surface area contributed by atoms with Gasteiger partial charge in [-0.2, -0.15) is 0 Å². The Morgan fingerprint density at radius 3 is 2.14 bits per heavy atom. The number of hydrogen-bond donors (Lipinski definition) is 1. The molecule has 1 aromatic carbocycles. The van der Waals surface area contributed by atoms with Crippen LogP contribution in [0.1, 0.15) is 60.2 Å². The molecule has 0 aliphatic carbocycles. The molecule has 5 heteroatoms. The highest BCUT2D eigenvalue weighted by Crippen LogP contribution is 2.14. The molecule has 1 rings (SSSR count). The number of benzene rings is 1. The molecule has 0 bridgehead atoms. The number of carboxylic acids is 1. The number of halogens is 1. The quantitative estimate of drug-likeness (QED) is 0.797. The summed E-state index contributed by atoms with van der Waals surface area (Å²) < 4.78 is 14.0. The summed E-state index contributed by atoms with van der Waals surface area (Å²) in [5.74, 6) is -2.36. The van der Waals surface area contributed by atoms with Gasteiger partial charge in [0.25, 0.3) is 5.91 Å². The van der Waals surface area contributed by atoms with E-state index in [4.69, 9.17) is 5.11 Å². The Kier molecular flexibility index (Phi) is 6.85. The monoisotopic (exact) mass is 295 g/mol. The molecule has 0 saturated carbocycles. The predicted molar refractivity (Wildman–Crippen MR) is 79.1 cm³/mol. The molecule has 0 heterocycles. The number of carboxylic acid groups (broad SMARTS) is 1. The van der Waals surface area contributed by atoms with Crippen molar-refractivity contribution in [2.45, 2.75) is 39.5 Å². The van der Waals surface area contributed by atoms with Gasteiger partial charge >= 0.3 is 5.97 Å². The first-order valence-corrected chi connectivity index (χ1v) is 7.33. The first kappa shape index (κ1) is 17.1. The third-order valence-electron chi connectivity index (χ3n) is 3.30. The van der Waals surface area contributed by atoms with Crippen molar-refractivity contribution in [1.82, 2.24) is 4.90 Å². The molecule has 1 amide bonds. The number of unbranched alkanes of at least 4 members (excludes halogenated alkanes) is 2. The second kappa shape index (κ2) is 8.39. The highest BCUT2D eigenvalue weighted by molar-refractivity contribution is 5.96. The molecule has 0 saturated heterocycles. The van der Waals surface area contributed by atoms with Crippen LogP contribution in [0.4, 0.5) is 4.39 Å². The first-order chi connectivity index (χ1) is 10.0. The number of carbonyl (C=O) groups excluding carboxylic acids is 1. The summed E-state index contributed by atoms with van der Waals surface area (Å²) in [6, 6.07) is 3.41. The van der Waals surface area contributed by atoms with Gasteiger partial charge in [-0.1, -0.05) is 26.7 Å². The lowest BCUT2D eigenvalue weighted by Crippen LogP contribution is -2.33. The zero-order chi connectivity index (χ0) is 15.8. The lowest BCUT2D eigenvalue weighted by molar-refractivity contribution is 0.0692. The molecular weight excluding hydrogens is 273 g/mol. The van der Waals surface area contributed by atoms with Crippen LogP contribution in [-0.4, -0.2) is 35.0 Å². The van der Waals surface area contributed by atoms with Crippen molar-refractivity contribution in [3.8, 4) is 0 Å². The van der Waals surface area contributed by atoms with E-state index in [1.807, 2.05) is 13.8 Å². The van der Waals surface area contributed by atoms with Gasteiger partial charge in [-0.15, -0.1) is 0 Å². The lowest BCUT2D eigenvalue weighted by Gasteiger charge is -2.22. The Hall–Kier alpha value is -1.91. The van der Waals surface area contributed by atoms with E-state index >= 15 is 0 Å². The summed E-state index contributed by atoms with van der Waals surface area (Å²) in [5, 5.41) is 8.82. The van der Waals surface area contributed by atoms with Gasteiger partial charge in [0.05, 0.1) is 11.1 Å². The van der Waals surface area contributed by atoms with Gasteiger partial charge in [-0.3, -0.25) is 4.79 Å². The number of nitrogens with zero attached hydrogens (tertiary/aromatic N) is 1. The molecule has 0 unspecified atom stereocenters. The van der Waals surface area contributed by atoms with Gasteiger partial charge in [0.2, 0.25) is 0 Å². The topological polar surface area (TPSA) is 57.6 Å². The molecule has 0 aromatic heterocycles. The zero-order valence-electron chi connectivity index (χ0n) is 12.6. The van der Waals surface area contributed by atoms with Gasteiger partial charge in [-0.05, 0) is 31.0 Å². The summed E-state index contributed by atoms with van der Waals surface area (Å²) >= 11 is 0. The summed E-state index contributed by atoms with van der Waals surface area (Å²) in [7, 11) is 0. The molecule has 0 radical (unpaired) electrons. The van der Waals surface area contributed by atoms with Gasteiger partial charge < -0.3 is 10.0 Å². The van der Waals surface area contributed by atoms with Crippen LogP contribution in [0.25, 0.3) is 0 Å². The Morgan fingerprint density at radius 2 is 1.71 bits per heavy atom. The van der Waals surface area contributed by atoms with E-state index in [1.165, 1.54) is 12.1 Å². The third-order valence-corrected chi connectivity index (χ3v) is 3.30. The molecule has 116 valence electrons. The second-order valence-electron chi connectivity index (χ2n) is 5.00. The van der Waals surface area contributed by atoms with Crippen molar-refractivity contribution in [1.29, 1.82) is 0 Å². The van der Waals surface area contributed by atoms with E-state index in [9.17, 15) is 14.0 Å². The van der Waals surface area contributed by atoms with Crippen molar-refractivity contribution in [2.24, 2.45) is 0 Å². The van der Waals surface area contributed by atoms with Gasteiger partial charge in [0.1, 0.15) is 5.82 Å². The average Bonchev–Trinajstić information content (AvgIpc) is 2.46. The smallest absolute Gasteiger partial charge is 0.335 e. The largest absolute Gasteiger partial charge is 0.478 e. The second-order valence-corrected chi connectivity index (χ2v) is 5.00. The zero-order valence-corrected chi connectivity index (χ0v) is 12.6. The van der Waals surface area contributed by atoms with Crippen LogP contribution < -0.4 is 0 Å². The minimum absolute atomic E-state index is 0.0628. The van der Waals surface area contributed by atoms with Crippen molar-refractivity contribution < 1.29 is 19.1 Å². The molecule has 1 N–H and O–H groups in total. The van der Waals surface area contributed by atoms with E-state index in [1.54, 1.807) is 4.90 Å². The standard InChI is InChI=1S/C16H22FNO3/c1-3-5-9-18(10-6-4-2)15(19)13-8-7-12(16(20)21)11-14(13)17/h7-8,11H,3-6,9-10H2,1-2H3,(H,20,21). The van der Waals surface area contributed by atoms with Crippen LogP contribution in [0, 0.1) is 5.82 Å². The Labute approximate surface area is 124 Å². The summed E-state index contributed by atoms with van der Waals surface area (Å²) in [6.45, 7) is 5.25. The molecule has 4 nitrogen and oxygen atoms in total. The number of hydrogen-bond acceptors (Lipinski definition) is 2. The van der Waals surface area contributed by atoms with Crippen LogP contribution in [0.2, 0.25) is 0 Å². The van der Waals surface area contributed by atoms with Crippen LogP contribution in [0.3, 0.4) is 0 Å². The Morgan fingerprint density at radius 1 is 1.14 bits per heavy atom. The number of rotatable bonds is 8. The normalized spacial score (nSPS) is 10.4. The van der Waals surface area contributed by atoms with E-state index in [-0.39, 0.29) is 17.0 Å². The highest BCUT2D eigenvalue weighted by Gasteiger charge is 2.19. The molecule has 0 aliphatic heterocycles. The predicted octanol–water partition coefficient (Wildman–Crippen LogP) is 3.57. The van der Waals surface area contributed by atoms with Crippen LogP contribution in [0.5, 0.6) is 0 Å². The maximum atomic E-state index is 14.0. The van der Waals surface area contributed by atoms with Crippen molar-refractivity contribution in [3.05, 3.63) is 35.1 Å². The first-order valence-electron chi connectivity index (χ1n) is 7.33. The van der Waals surface area contributed by atoms with Gasteiger partial charge in [0, 0.05) is 13.1 Å². The highest BCUT2D eigenvalue weighted by atomic mass is 19.1. The third kappa shape index (κ3) is 4.85. The SMILES string of the molecule is CCCCN(CCCC)C(=O)c1ccc(C(=O)O)cc1F. The van der Waals surface area contributed by atoms with Crippen molar-refractivity contribution in [2.75, 3.05) is 13.1 Å². The molecule has 1 aromatic rings. The van der Waals surface area contributed by atoms with Gasteiger partial charge in [0.15, 0.2) is 0 Å². The fraction of sp³-hybridized carbons (Fsp3) is 0.500. The summed E-state index contributed by atoms with van der Waals surface area (Å²) in [6.07, 6.45) is 3.64. The minimum atomic E-state index is -1.21. The summed E-state index contributed by atoms with van der Waals surface area (Å²) in [5.41, 5.74) is -0.218. The molecule has 21 heavy (non-hydrogen) atoms. The van der Waals surface area contributed by atoms with Crippen LogP contribution >= 0.6 is 0 Å². The maximum absolute atomic E-state index is 14.0. The van der Waals surface area contributed by atoms with Crippen molar-refractivity contribution in [3.63, 3.8) is 0 Å². The van der Waals surface area contributed by atoms with Gasteiger partial charge in [-0.25, -0.2) is 9.18 Å². The Bertz CT molecular complexity index is 494. The molecule has 0 atom stereocenters. The summed E-state index contributed by atoms with van der Waals surface area (Å²) in [4.78, 5) is 24.8. The lowest BCUT2D eigenvalue weighted by atomic mass is 10.1. The molecule has 0 spiro atoms. The van der Waals surface area contributed by atoms with E-state index in [0.29, 0.717) is 13.1 Å². The molecule has 0 fully saturated rings. The van der Waals surface area contributed by atoms with Crippen LogP contribution in [0.15, 0.2) is 18.2 Å². The number of amides is 1. The maximum Gasteiger partial charge on any atom is 0.335 e. The van der Waals surface area contributed by atoms with E-state index in [2.05, 4.69) is 0 Å². The molecule has 0 aliphatic rings. The average molecular weight is 295 g/mol. The van der Waals surface area contributed by atoms with Crippen LogP contribution in [-0.2, 0) is 0 Å². The Balaban J connectivity index is 2.94. The number of carbonyl (C=O) groups is 2. The number of aromatic carboxylic acids is 1. The fourth-order valence-electron chi connectivity index (χ4n) is 2.00. The molecular formula is C16H22FNO3. The van der Waals surface area contributed by atoms with E-state index in [0.717, 1.165) is 31.7 Å². The van der Waals surface area contributed by atoms with E-state index < -0.39 is 11.8 Å². The minimum Gasteiger partial charge on any atom is -0.478 e.